The first-order valence-corrected chi connectivity index (χ1v) is 3.70. The predicted octanol–water partition coefficient (Wildman–Crippen LogP) is 0.479. The van der Waals surface area contributed by atoms with Gasteiger partial charge in [0.15, 0.2) is 0 Å². The van der Waals surface area contributed by atoms with Crippen LogP contribution < -0.4 is 0 Å². The summed E-state index contributed by atoms with van der Waals surface area (Å²) in [5.41, 5.74) is 0. The fourth-order valence-electron chi connectivity index (χ4n) is 1.68. The third-order valence-electron chi connectivity index (χ3n) is 2.37. The highest BCUT2D eigenvalue weighted by Gasteiger charge is 2.37. The van der Waals surface area contributed by atoms with E-state index < -0.39 is 0 Å². The minimum atomic E-state index is 0.595. The number of hydrogen-bond donors (Lipinski definition) is 0. The molecule has 52 valence electrons. The number of likely N-dealkylation sites (N-methyl/N-ethyl adjacent to an activating group) is 1. The third kappa shape index (κ3) is 0.970. The molecule has 2 fully saturated rings. The Labute approximate surface area is 55.8 Å². The van der Waals surface area contributed by atoms with Gasteiger partial charge in [0.05, 0.1) is 12.7 Å². The summed E-state index contributed by atoms with van der Waals surface area (Å²) in [5, 5.41) is 0. The van der Waals surface area contributed by atoms with Crippen molar-refractivity contribution in [3.05, 3.63) is 0 Å². The summed E-state index contributed by atoms with van der Waals surface area (Å²) in [5.74, 6) is 0. The van der Waals surface area contributed by atoms with E-state index in [-0.39, 0.29) is 0 Å². The van der Waals surface area contributed by atoms with Gasteiger partial charge in [-0.15, -0.1) is 0 Å². The van der Waals surface area contributed by atoms with Crippen molar-refractivity contribution in [2.75, 3.05) is 20.2 Å². The maximum absolute atomic E-state index is 5.22. The van der Waals surface area contributed by atoms with Crippen LogP contribution in [0.5, 0.6) is 0 Å². The van der Waals surface area contributed by atoms with Crippen LogP contribution in [0.1, 0.15) is 12.8 Å². The number of ether oxygens (including phenoxy) is 1. The second-order valence-electron chi connectivity index (χ2n) is 3.06. The number of rotatable bonds is 1. The van der Waals surface area contributed by atoms with Crippen LogP contribution in [-0.2, 0) is 4.74 Å². The molecule has 0 saturated carbocycles. The highest BCUT2D eigenvalue weighted by Crippen LogP contribution is 2.26. The number of epoxide rings is 1. The molecule has 0 aliphatic carbocycles. The van der Waals surface area contributed by atoms with Gasteiger partial charge in [0.2, 0.25) is 0 Å². The lowest BCUT2D eigenvalue weighted by Crippen LogP contribution is -2.29. The molecule has 2 saturated heterocycles. The molecule has 0 spiro atoms. The third-order valence-corrected chi connectivity index (χ3v) is 2.37. The minimum Gasteiger partial charge on any atom is -0.371 e. The van der Waals surface area contributed by atoms with Gasteiger partial charge in [-0.25, -0.2) is 0 Å². The summed E-state index contributed by atoms with van der Waals surface area (Å²) in [6.07, 6.45) is 3.31. The molecule has 0 aromatic carbocycles. The van der Waals surface area contributed by atoms with Crippen LogP contribution in [0.25, 0.3) is 0 Å². The number of hydrogen-bond acceptors (Lipinski definition) is 2. The normalized spacial score (nSPS) is 43.7. The molecule has 1 unspecified atom stereocenters. The van der Waals surface area contributed by atoms with Crippen LogP contribution in [-0.4, -0.2) is 37.2 Å². The lowest BCUT2D eigenvalue weighted by Gasteiger charge is -2.15. The standard InChI is InChI=1S/C7H13NO/c1-8-4-2-3-6(8)7-5-9-7/h6-7H,2-5H2,1H3/t6-,7?/m0/s1. The van der Waals surface area contributed by atoms with Gasteiger partial charge in [0.25, 0.3) is 0 Å². The van der Waals surface area contributed by atoms with Gasteiger partial charge in [0.1, 0.15) is 0 Å². The van der Waals surface area contributed by atoms with Gasteiger partial charge in [-0.3, -0.25) is 0 Å². The van der Waals surface area contributed by atoms with E-state index in [1.807, 2.05) is 0 Å². The Kier molecular flexibility index (Phi) is 1.24. The van der Waals surface area contributed by atoms with E-state index in [1.165, 1.54) is 19.4 Å². The molecule has 0 radical (unpaired) electrons. The molecule has 0 bridgehead atoms. The Morgan fingerprint density at radius 2 is 2.33 bits per heavy atom. The molecule has 0 N–H and O–H groups in total. The van der Waals surface area contributed by atoms with Gasteiger partial charge in [0, 0.05) is 6.04 Å². The highest BCUT2D eigenvalue weighted by molar-refractivity contribution is 4.89. The van der Waals surface area contributed by atoms with Crippen molar-refractivity contribution in [1.29, 1.82) is 0 Å². The molecule has 9 heavy (non-hydrogen) atoms. The van der Waals surface area contributed by atoms with Gasteiger partial charge < -0.3 is 9.64 Å². The van der Waals surface area contributed by atoms with E-state index in [0.29, 0.717) is 6.10 Å². The lowest BCUT2D eigenvalue weighted by molar-refractivity contribution is 0.245. The average Bonchev–Trinajstić information content (AvgIpc) is 2.58. The molecular formula is C7H13NO. The van der Waals surface area contributed by atoms with E-state index in [2.05, 4.69) is 11.9 Å². The quantitative estimate of drug-likeness (QED) is 0.476. The Morgan fingerprint density at radius 3 is 2.78 bits per heavy atom. The smallest absolute Gasteiger partial charge is 0.0964 e. The van der Waals surface area contributed by atoms with E-state index in [4.69, 9.17) is 4.74 Å². The van der Waals surface area contributed by atoms with Gasteiger partial charge in [-0.2, -0.15) is 0 Å². The molecule has 2 aliphatic rings. The Balaban J connectivity index is 1.93. The largest absolute Gasteiger partial charge is 0.371 e. The van der Waals surface area contributed by atoms with E-state index >= 15 is 0 Å². The molecule has 2 nitrogen and oxygen atoms in total. The summed E-state index contributed by atoms with van der Waals surface area (Å²) in [7, 11) is 2.19. The van der Waals surface area contributed by atoms with E-state index in [0.717, 1.165) is 12.6 Å². The zero-order valence-electron chi connectivity index (χ0n) is 5.84. The maximum Gasteiger partial charge on any atom is 0.0964 e. The van der Waals surface area contributed by atoms with Crippen LogP contribution in [0, 0.1) is 0 Å². The van der Waals surface area contributed by atoms with Crippen molar-refractivity contribution in [2.24, 2.45) is 0 Å². The zero-order valence-corrected chi connectivity index (χ0v) is 5.84. The summed E-state index contributed by atoms with van der Waals surface area (Å²) >= 11 is 0. The monoisotopic (exact) mass is 127 g/mol. The molecule has 0 amide bonds. The minimum absolute atomic E-state index is 0.595. The van der Waals surface area contributed by atoms with E-state index in [1.54, 1.807) is 0 Å². The first kappa shape index (κ1) is 5.69. The number of nitrogens with zero attached hydrogens (tertiary/aromatic N) is 1. The van der Waals surface area contributed by atoms with Crippen molar-refractivity contribution >= 4 is 0 Å². The zero-order chi connectivity index (χ0) is 6.27. The first-order chi connectivity index (χ1) is 4.38. The first-order valence-electron chi connectivity index (χ1n) is 3.70. The van der Waals surface area contributed by atoms with Crippen LogP contribution in [0.4, 0.5) is 0 Å². The van der Waals surface area contributed by atoms with Crippen molar-refractivity contribution < 1.29 is 4.74 Å². The van der Waals surface area contributed by atoms with Gasteiger partial charge >= 0.3 is 0 Å². The summed E-state index contributed by atoms with van der Waals surface area (Å²) < 4.78 is 5.22. The molecular weight excluding hydrogens is 114 g/mol. The van der Waals surface area contributed by atoms with Crippen molar-refractivity contribution in [2.45, 2.75) is 25.0 Å². The Bertz CT molecular complexity index is 111. The van der Waals surface area contributed by atoms with Crippen LogP contribution in [0.15, 0.2) is 0 Å². The fraction of sp³-hybridized carbons (Fsp3) is 1.00. The lowest BCUT2D eigenvalue weighted by atomic mass is 10.2. The van der Waals surface area contributed by atoms with Crippen molar-refractivity contribution in [1.82, 2.24) is 4.90 Å². The number of likely N-dealkylation sites (tertiary alicyclic amines) is 1. The average molecular weight is 127 g/mol. The Hall–Kier alpha value is -0.0800. The van der Waals surface area contributed by atoms with Crippen molar-refractivity contribution in [3.63, 3.8) is 0 Å². The highest BCUT2D eigenvalue weighted by atomic mass is 16.6. The van der Waals surface area contributed by atoms with Crippen LogP contribution in [0.2, 0.25) is 0 Å². The fourth-order valence-corrected chi connectivity index (χ4v) is 1.68. The van der Waals surface area contributed by atoms with Crippen LogP contribution >= 0.6 is 0 Å². The Morgan fingerprint density at radius 1 is 1.56 bits per heavy atom. The molecule has 2 rings (SSSR count). The van der Waals surface area contributed by atoms with Gasteiger partial charge in [-0.1, -0.05) is 0 Å². The topological polar surface area (TPSA) is 15.8 Å². The molecule has 2 heteroatoms. The van der Waals surface area contributed by atoms with Crippen molar-refractivity contribution in [3.8, 4) is 0 Å². The van der Waals surface area contributed by atoms with Crippen LogP contribution in [0.3, 0.4) is 0 Å². The second kappa shape index (κ2) is 1.96. The molecule has 2 atom stereocenters. The summed E-state index contributed by atoms with van der Waals surface area (Å²) in [6.45, 7) is 2.28. The van der Waals surface area contributed by atoms with E-state index in [9.17, 15) is 0 Å². The second-order valence-corrected chi connectivity index (χ2v) is 3.06. The van der Waals surface area contributed by atoms with Gasteiger partial charge in [-0.05, 0) is 26.4 Å². The molecule has 0 aromatic heterocycles. The SMILES string of the molecule is CN1CCC[C@H]1C1CO1. The molecule has 2 aliphatic heterocycles. The predicted molar refractivity (Wildman–Crippen MR) is 35.4 cm³/mol. The maximum atomic E-state index is 5.22. The molecule has 0 aromatic rings. The summed E-state index contributed by atoms with van der Waals surface area (Å²) in [4.78, 5) is 2.41. The molecule has 2 heterocycles. The summed E-state index contributed by atoms with van der Waals surface area (Å²) in [6, 6.07) is 0.755.